The first-order valence-electron chi connectivity index (χ1n) is 8.90. The number of ether oxygens (including phenoxy) is 1. The maximum absolute atomic E-state index is 12.4. The average molecular weight is 357 g/mol. The summed E-state index contributed by atoms with van der Waals surface area (Å²) in [7, 11) is 0. The van der Waals surface area contributed by atoms with Crippen LogP contribution in [0.15, 0.2) is 30.5 Å². The smallest absolute Gasteiger partial charge is 0.357 e. The van der Waals surface area contributed by atoms with Crippen molar-refractivity contribution in [3.05, 3.63) is 52.3 Å². The van der Waals surface area contributed by atoms with Crippen molar-refractivity contribution < 1.29 is 9.53 Å². The third-order valence-corrected chi connectivity index (χ3v) is 5.51. The lowest BCUT2D eigenvalue weighted by atomic mass is 9.66. The average Bonchev–Trinajstić information content (AvgIpc) is 2.63. The first-order chi connectivity index (χ1) is 12.2. The molecule has 4 nitrogen and oxygen atoms in total. The van der Waals surface area contributed by atoms with Crippen LogP contribution in [0.2, 0.25) is 5.02 Å². The minimum atomic E-state index is -0.305. The second-order valence-electron chi connectivity index (χ2n) is 6.75. The number of esters is 1. The molecule has 5 heteroatoms. The SMILES string of the molecule is CCOC(=O)c1ncc(Nc2cccc(Cl)c2)c2c1C1CCC2CC1. The molecule has 0 saturated heterocycles. The van der Waals surface area contributed by atoms with Crippen LogP contribution in [-0.2, 0) is 4.74 Å². The summed E-state index contributed by atoms with van der Waals surface area (Å²) in [6.07, 6.45) is 6.38. The molecule has 1 aromatic heterocycles. The lowest BCUT2D eigenvalue weighted by Crippen LogP contribution is -2.27. The standard InChI is InChI=1S/C20H21ClN2O2/c1-2-25-20(24)19-18-13-8-6-12(7-9-13)17(18)16(11-22-19)23-15-5-3-4-14(21)10-15/h3-5,10-13,23H,2,6-9H2,1H3. The van der Waals surface area contributed by atoms with E-state index in [0.717, 1.165) is 29.8 Å². The summed E-state index contributed by atoms with van der Waals surface area (Å²) in [4.78, 5) is 16.9. The summed E-state index contributed by atoms with van der Waals surface area (Å²) >= 11 is 6.10. The van der Waals surface area contributed by atoms with E-state index in [0.29, 0.717) is 29.2 Å². The Morgan fingerprint density at radius 2 is 1.96 bits per heavy atom. The predicted molar refractivity (Wildman–Crippen MR) is 98.9 cm³/mol. The van der Waals surface area contributed by atoms with E-state index in [9.17, 15) is 4.79 Å². The Bertz CT molecular complexity index is 813. The number of pyridine rings is 1. The Hall–Kier alpha value is -2.07. The van der Waals surface area contributed by atoms with Gasteiger partial charge in [-0.3, -0.25) is 0 Å². The van der Waals surface area contributed by atoms with E-state index in [1.54, 1.807) is 6.20 Å². The van der Waals surface area contributed by atoms with Crippen molar-refractivity contribution in [3.63, 3.8) is 0 Å². The first-order valence-corrected chi connectivity index (χ1v) is 9.27. The van der Waals surface area contributed by atoms with Gasteiger partial charge in [-0.1, -0.05) is 17.7 Å². The van der Waals surface area contributed by atoms with Crippen molar-refractivity contribution in [1.82, 2.24) is 4.98 Å². The van der Waals surface area contributed by atoms with E-state index in [4.69, 9.17) is 16.3 Å². The van der Waals surface area contributed by atoms with Crippen molar-refractivity contribution in [2.75, 3.05) is 11.9 Å². The fraction of sp³-hybridized carbons (Fsp3) is 0.400. The molecule has 25 heavy (non-hydrogen) atoms. The maximum atomic E-state index is 12.4. The van der Waals surface area contributed by atoms with E-state index in [-0.39, 0.29) is 5.97 Å². The van der Waals surface area contributed by atoms with Crippen molar-refractivity contribution >= 4 is 28.9 Å². The molecular formula is C20H21ClN2O2. The van der Waals surface area contributed by atoms with Gasteiger partial charge in [0.25, 0.3) is 0 Å². The summed E-state index contributed by atoms with van der Waals surface area (Å²) in [5.41, 5.74) is 4.78. The van der Waals surface area contributed by atoms with Crippen molar-refractivity contribution in [2.24, 2.45) is 0 Å². The molecular weight excluding hydrogens is 336 g/mol. The molecule has 0 unspecified atom stereocenters. The zero-order chi connectivity index (χ0) is 17.4. The Morgan fingerprint density at radius 3 is 2.64 bits per heavy atom. The quantitative estimate of drug-likeness (QED) is 0.744. The van der Waals surface area contributed by atoms with Crippen molar-refractivity contribution in [1.29, 1.82) is 0 Å². The molecule has 1 heterocycles. The predicted octanol–water partition coefficient (Wildman–Crippen LogP) is 5.41. The van der Waals surface area contributed by atoms with Crippen LogP contribution in [0.3, 0.4) is 0 Å². The number of benzene rings is 1. The lowest BCUT2D eigenvalue weighted by Gasteiger charge is -2.40. The number of rotatable bonds is 4. The zero-order valence-electron chi connectivity index (χ0n) is 14.2. The molecule has 2 aromatic rings. The van der Waals surface area contributed by atoms with Gasteiger partial charge in [0.1, 0.15) is 0 Å². The Labute approximate surface area is 152 Å². The highest BCUT2D eigenvalue weighted by atomic mass is 35.5. The van der Waals surface area contributed by atoms with Crippen molar-refractivity contribution in [2.45, 2.75) is 44.4 Å². The summed E-state index contributed by atoms with van der Waals surface area (Å²) < 4.78 is 5.24. The molecule has 3 aliphatic carbocycles. The number of carbonyl (C=O) groups excluding carboxylic acids is 1. The lowest BCUT2D eigenvalue weighted by molar-refractivity contribution is 0.0516. The molecule has 1 N–H and O–H groups in total. The molecule has 1 saturated carbocycles. The van der Waals surface area contributed by atoms with Crippen LogP contribution in [0.4, 0.5) is 11.4 Å². The van der Waals surface area contributed by atoms with Crippen LogP contribution < -0.4 is 5.32 Å². The van der Waals surface area contributed by atoms with Crippen LogP contribution in [0.25, 0.3) is 0 Å². The molecule has 0 spiro atoms. The van der Waals surface area contributed by atoms with Gasteiger partial charge in [-0.2, -0.15) is 0 Å². The Balaban J connectivity index is 1.79. The van der Waals surface area contributed by atoms with Gasteiger partial charge in [-0.25, -0.2) is 9.78 Å². The summed E-state index contributed by atoms with van der Waals surface area (Å²) in [6, 6.07) is 7.66. The number of anilines is 2. The molecule has 1 fully saturated rings. The Kier molecular flexibility index (Phi) is 4.38. The largest absolute Gasteiger partial charge is 0.461 e. The van der Waals surface area contributed by atoms with Crippen LogP contribution in [0, 0.1) is 0 Å². The Morgan fingerprint density at radius 1 is 1.24 bits per heavy atom. The van der Waals surface area contributed by atoms with Crippen LogP contribution >= 0.6 is 11.6 Å². The number of nitrogens with one attached hydrogen (secondary N) is 1. The fourth-order valence-electron chi connectivity index (χ4n) is 4.25. The number of carbonyl (C=O) groups is 1. The highest BCUT2D eigenvalue weighted by Gasteiger charge is 2.38. The van der Waals surface area contributed by atoms with E-state index < -0.39 is 0 Å². The van der Waals surface area contributed by atoms with Crippen LogP contribution in [-0.4, -0.2) is 17.6 Å². The highest BCUT2D eigenvalue weighted by molar-refractivity contribution is 6.30. The monoisotopic (exact) mass is 356 g/mol. The molecule has 0 amide bonds. The van der Waals surface area contributed by atoms with E-state index in [2.05, 4.69) is 10.3 Å². The third kappa shape index (κ3) is 2.99. The maximum Gasteiger partial charge on any atom is 0.357 e. The molecule has 0 aliphatic heterocycles. The highest BCUT2D eigenvalue weighted by Crippen LogP contribution is 2.52. The number of aromatic nitrogens is 1. The topological polar surface area (TPSA) is 51.2 Å². The number of hydrogen-bond acceptors (Lipinski definition) is 4. The van der Waals surface area contributed by atoms with Gasteiger partial charge < -0.3 is 10.1 Å². The number of fused-ring (bicyclic) bond motifs is 2. The van der Waals surface area contributed by atoms with Crippen LogP contribution in [0.5, 0.6) is 0 Å². The van der Waals surface area contributed by atoms with Gasteiger partial charge in [0.15, 0.2) is 5.69 Å². The third-order valence-electron chi connectivity index (χ3n) is 5.27. The minimum absolute atomic E-state index is 0.305. The molecule has 0 atom stereocenters. The van der Waals surface area contributed by atoms with Crippen LogP contribution in [0.1, 0.15) is 66.1 Å². The number of halogens is 1. The second-order valence-corrected chi connectivity index (χ2v) is 7.19. The van der Waals surface area contributed by atoms with Gasteiger partial charge in [0, 0.05) is 10.7 Å². The molecule has 5 rings (SSSR count). The molecule has 1 aromatic carbocycles. The zero-order valence-corrected chi connectivity index (χ0v) is 15.0. The summed E-state index contributed by atoms with van der Waals surface area (Å²) in [5.74, 6) is 0.589. The molecule has 2 bridgehead atoms. The van der Waals surface area contributed by atoms with E-state index in [1.807, 2.05) is 31.2 Å². The number of hydrogen-bond donors (Lipinski definition) is 1. The first kappa shape index (κ1) is 16.4. The summed E-state index contributed by atoms with van der Waals surface area (Å²) in [6.45, 7) is 2.19. The van der Waals surface area contributed by atoms with Gasteiger partial charge >= 0.3 is 5.97 Å². The molecule has 0 radical (unpaired) electrons. The normalized spacial score (nSPS) is 20.9. The van der Waals surface area contributed by atoms with Gasteiger partial charge in [0.2, 0.25) is 0 Å². The number of nitrogens with zero attached hydrogens (tertiary/aromatic N) is 1. The fourth-order valence-corrected chi connectivity index (χ4v) is 4.44. The summed E-state index contributed by atoms with van der Waals surface area (Å²) in [5, 5.41) is 4.15. The molecule has 3 aliphatic rings. The second kappa shape index (κ2) is 6.68. The van der Waals surface area contributed by atoms with E-state index in [1.165, 1.54) is 18.4 Å². The van der Waals surface area contributed by atoms with Gasteiger partial charge in [0.05, 0.1) is 18.5 Å². The molecule has 130 valence electrons. The minimum Gasteiger partial charge on any atom is -0.461 e. The van der Waals surface area contributed by atoms with Gasteiger partial charge in [-0.05, 0) is 73.8 Å². The van der Waals surface area contributed by atoms with E-state index >= 15 is 0 Å². The van der Waals surface area contributed by atoms with Crippen molar-refractivity contribution in [3.8, 4) is 0 Å². The van der Waals surface area contributed by atoms with Gasteiger partial charge in [-0.15, -0.1) is 0 Å².